The van der Waals surface area contributed by atoms with Gasteiger partial charge in [-0.2, -0.15) is 5.10 Å². The highest BCUT2D eigenvalue weighted by Crippen LogP contribution is 2.15. The first-order valence-electron chi connectivity index (χ1n) is 8.58. The largest absolute Gasteiger partial charge is 0.494 e. The molecule has 0 bridgehead atoms. The number of hydrogen-bond donors (Lipinski definition) is 3. The monoisotopic (exact) mass is 364 g/mol. The maximum absolute atomic E-state index is 12.3. The molecule has 0 unspecified atom stereocenters. The van der Waals surface area contributed by atoms with Crippen molar-refractivity contribution in [2.24, 2.45) is 5.10 Å². The van der Waals surface area contributed by atoms with Crippen LogP contribution in [0.5, 0.6) is 5.88 Å². The van der Waals surface area contributed by atoms with Crippen molar-refractivity contribution < 1.29 is 5.11 Å². The molecule has 1 aromatic heterocycles. The molecule has 0 amide bonds. The minimum atomic E-state index is -0.670. The first-order valence-corrected chi connectivity index (χ1v) is 8.58. The van der Waals surface area contributed by atoms with Crippen LogP contribution in [0.1, 0.15) is 24.5 Å². The van der Waals surface area contributed by atoms with Crippen LogP contribution in [0.15, 0.2) is 75.4 Å². The summed E-state index contributed by atoms with van der Waals surface area (Å²) >= 11 is 0. The van der Waals surface area contributed by atoms with Crippen molar-refractivity contribution in [3.8, 4) is 5.88 Å². The molecule has 1 heterocycles. The van der Waals surface area contributed by atoms with E-state index in [2.05, 4.69) is 15.5 Å². The Balaban J connectivity index is 2.02. The summed E-state index contributed by atoms with van der Waals surface area (Å²) in [5.74, 6) is -0.400. The van der Waals surface area contributed by atoms with Crippen LogP contribution in [0, 0.1) is 0 Å². The van der Waals surface area contributed by atoms with Gasteiger partial charge in [0.1, 0.15) is 5.56 Å². The van der Waals surface area contributed by atoms with Gasteiger partial charge in [-0.15, -0.1) is 0 Å². The number of H-pyrrole nitrogens is 1. The second-order valence-corrected chi connectivity index (χ2v) is 5.92. The van der Waals surface area contributed by atoms with Crippen molar-refractivity contribution in [1.82, 2.24) is 9.55 Å². The van der Waals surface area contributed by atoms with E-state index in [1.165, 1.54) is 0 Å². The zero-order valence-electron chi connectivity index (χ0n) is 14.8. The summed E-state index contributed by atoms with van der Waals surface area (Å²) < 4.78 is 1.12. The van der Waals surface area contributed by atoms with Crippen molar-refractivity contribution in [1.29, 1.82) is 0 Å². The van der Waals surface area contributed by atoms with Crippen LogP contribution in [0.4, 0.5) is 5.69 Å². The Hall–Kier alpha value is -3.61. The summed E-state index contributed by atoms with van der Waals surface area (Å²) in [4.78, 5) is 26.8. The summed E-state index contributed by atoms with van der Waals surface area (Å²) in [5, 5.41) is 14.9. The lowest BCUT2D eigenvalue weighted by molar-refractivity contribution is 0.408. The van der Waals surface area contributed by atoms with Gasteiger partial charge in [0.05, 0.1) is 17.9 Å². The fourth-order valence-electron chi connectivity index (χ4n) is 2.69. The molecule has 3 N–H and O–H groups in total. The standard InChI is InChI=1S/C20H20N4O3/c1-2-16(23-22-15-11-7-4-8-12-15)17-18(25)21-20(27)24(19(17)26)13-14-9-5-3-6-10-14/h3-12,22,26H,2,13H2,1H3,(H,21,25,27)/b23-16+. The number of hydrogen-bond acceptors (Lipinski definition) is 5. The fourth-order valence-corrected chi connectivity index (χ4v) is 2.69. The van der Waals surface area contributed by atoms with Gasteiger partial charge in [-0.25, -0.2) is 4.79 Å². The molecular weight excluding hydrogens is 344 g/mol. The number of rotatable bonds is 6. The second-order valence-electron chi connectivity index (χ2n) is 5.92. The van der Waals surface area contributed by atoms with E-state index >= 15 is 0 Å². The Bertz CT molecular complexity index is 1050. The predicted octanol–water partition coefficient (Wildman–Crippen LogP) is 2.52. The molecule has 0 saturated carbocycles. The number of anilines is 1. The van der Waals surface area contributed by atoms with E-state index < -0.39 is 17.1 Å². The molecule has 2 aromatic carbocycles. The Kier molecular flexibility index (Phi) is 5.51. The average molecular weight is 364 g/mol. The molecule has 0 aliphatic heterocycles. The maximum Gasteiger partial charge on any atom is 0.331 e. The minimum Gasteiger partial charge on any atom is -0.494 e. The molecule has 0 spiro atoms. The third-order valence-corrected chi connectivity index (χ3v) is 4.07. The zero-order valence-corrected chi connectivity index (χ0v) is 14.8. The smallest absolute Gasteiger partial charge is 0.331 e. The van der Waals surface area contributed by atoms with Gasteiger partial charge in [-0.3, -0.25) is 19.8 Å². The molecule has 3 aromatic rings. The zero-order chi connectivity index (χ0) is 19.2. The quantitative estimate of drug-likeness (QED) is 0.462. The molecule has 138 valence electrons. The van der Waals surface area contributed by atoms with E-state index in [1.54, 1.807) is 0 Å². The average Bonchev–Trinajstić information content (AvgIpc) is 2.69. The lowest BCUT2D eigenvalue weighted by Crippen LogP contribution is -2.34. The number of hydrazone groups is 1. The number of nitrogens with one attached hydrogen (secondary N) is 2. The van der Waals surface area contributed by atoms with Gasteiger partial charge in [0.2, 0.25) is 5.88 Å². The number of para-hydroxylation sites is 1. The van der Waals surface area contributed by atoms with Gasteiger partial charge in [0, 0.05) is 0 Å². The Labute approximate surface area is 155 Å². The molecule has 7 nitrogen and oxygen atoms in total. The van der Waals surface area contributed by atoms with Crippen molar-refractivity contribution in [3.63, 3.8) is 0 Å². The molecular formula is C20H20N4O3. The van der Waals surface area contributed by atoms with Gasteiger partial charge in [0.25, 0.3) is 5.56 Å². The minimum absolute atomic E-state index is 0.0172. The number of benzene rings is 2. The number of aromatic amines is 1. The summed E-state index contributed by atoms with van der Waals surface area (Å²) in [6.07, 6.45) is 0.389. The van der Waals surface area contributed by atoms with Crippen LogP contribution in [-0.4, -0.2) is 20.4 Å². The van der Waals surface area contributed by atoms with Crippen LogP contribution in [0.2, 0.25) is 0 Å². The Morgan fingerprint density at radius 3 is 2.33 bits per heavy atom. The van der Waals surface area contributed by atoms with E-state index in [4.69, 9.17) is 0 Å². The molecule has 0 atom stereocenters. The summed E-state index contributed by atoms with van der Waals surface area (Å²) in [7, 11) is 0. The van der Waals surface area contributed by atoms with E-state index in [9.17, 15) is 14.7 Å². The van der Waals surface area contributed by atoms with Crippen LogP contribution >= 0.6 is 0 Å². The van der Waals surface area contributed by atoms with Crippen molar-refractivity contribution in [2.75, 3.05) is 5.43 Å². The Morgan fingerprint density at radius 2 is 1.70 bits per heavy atom. The van der Waals surface area contributed by atoms with Gasteiger partial charge in [-0.1, -0.05) is 55.5 Å². The summed E-state index contributed by atoms with van der Waals surface area (Å²) in [5.41, 5.74) is 3.43. The highest BCUT2D eigenvalue weighted by atomic mass is 16.3. The maximum atomic E-state index is 12.3. The topological polar surface area (TPSA) is 99.5 Å². The Morgan fingerprint density at radius 1 is 1.07 bits per heavy atom. The van der Waals surface area contributed by atoms with E-state index in [1.807, 2.05) is 67.6 Å². The first kappa shape index (κ1) is 18.2. The molecule has 0 aliphatic carbocycles. The number of aromatic nitrogens is 2. The lowest BCUT2D eigenvalue weighted by atomic mass is 10.1. The summed E-state index contributed by atoms with van der Waals surface area (Å²) in [6, 6.07) is 18.5. The third kappa shape index (κ3) is 4.14. The van der Waals surface area contributed by atoms with Gasteiger partial charge >= 0.3 is 5.69 Å². The molecule has 7 heteroatoms. The van der Waals surface area contributed by atoms with Gasteiger partial charge in [-0.05, 0) is 24.1 Å². The number of nitrogens with zero attached hydrogens (tertiary/aromatic N) is 2. The van der Waals surface area contributed by atoms with Crippen molar-refractivity contribution in [3.05, 3.63) is 92.6 Å². The molecule has 0 saturated heterocycles. The molecule has 0 fully saturated rings. The fraction of sp³-hybridized carbons (Fsp3) is 0.150. The highest BCUT2D eigenvalue weighted by molar-refractivity contribution is 6.02. The van der Waals surface area contributed by atoms with Crippen LogP contribution in [0.3, 0.4) is 0 Å². The van der Waals surface area contributed by atoms with Crippen molar-refractivity contribution in [2.45, 2.75) is 19.9 Å². The van der Waals surface area contributed by atoms with E-state index in [0.29, 0.717) is 12.1 Å². The molecule has 27 heavy (non-hydrogen) atoms. The van der Waals surface area contributed by atoms with Crippen molar-refractivity contribution >= 4 is 11.4 Å². The van der Waals surface area contributed by atoms with E-state index in [0.717, 1.165) is 15.8 Å². The first-order chi connectivity index (χ1) is 13.1. The summed E-state index contributed by atoms with van der Waals surface area (Å²) in [6.45, 7) is 1.95. The third-order valence-electron chi connectivity index (χ3n) is 4.07. The SMILES string of the molecule is CC/C(=N\Nc1ccccc1)c1c(O)n(Cc2ccccc2)c(=O)[nH]c1=O. The second kappa shape index (κ2) is 8.18. The number of aromatic hydroxyl groups is 1. The van der Waals surface area contributed by atoms with Crippen LogP contribution < -0.4 is 16.7 Å². The van der Waals surface area contributed by atoms with Gasteiger partial charge < -0.3 is 5.11 Å². The predicted molar refractivity (Wildman–Crippen MR) is 105 cm³/mol. The molecule has 0 radical (unpaired) electrons. The lowest BCUT2D eigenvalue weighted by Gasteiger charge is -2.12. The molecule has 3 rings (SSSR count). The van der Waals surface area contributed by atoms with Crippen LogP contribution in [0.25, 0.3) is 0 Å². The highest BCUT2D eigenvalue weighted by Gasteiger charge is 2.18. The van der Waals surface area contributed by atoms with Gasteiger partial charge in [0.15, 0.2) is 0 Å². The molecule has 0 aliphatic rings. The van der Waals surface area contributed by atoms with Crippen LogP contribution in [-0.2, 0) is 6.54 Å². The normalized spacial score (nSPS) is 11.4. The van der Waals surface area contributed by atoms with E-state index in [-0.39, 0.29) is 12.1 Å².